The van der Waals surface area contributed by atoms with Crippen molar-refractivity contribution < 1.29 is 9.53 Å². The number of ether oxygens (including phenoxy) is 1. The maximum absolute atomic E-state index is 13.8. The Morgan fingerprint density at radius 1 is 0.654 bits per heavy atom. The van der Waals surface area contributed by atoms with Crippen LogP contribution in [0.4, 0.5) is 17.1 Å². The summed E-state index contributed by atoms with van der Waals surface area (Å²) in [7, 11) is 0. The van der Waals surface area contributed by atoms with Crippen molar-refractivity contribution in [2.45, 2.75) is 52.4 Å². The van der Waals surface area contributed by atoms with Gasteiger partial charge in [-0.1, -0.05) is 138 Å². The number of rotatable bonds is 8. The van der Waals surface area contributed by atoms with Gasteiger partial charge in [0.25, 0.3) is 0 Å². The third-order valence-electron chi connectivity index (χ3n) is 10.7. The van der Waals surface area contributed by atoms with Gasteiger partial charge in [0.15, 0.2) is 0 Å². The summed E-state index contributed by atoms with van der Waals surface area (Å²) < 4.78 is 5.99. The fourth-order valence-electron chi connectivity index (χ4n) is 7.83. The molecule has 52 heavy (non-hydrogen) atoms. The standard InChI is InChI=1S/C49H43NO2/c1-6-33-21-22-36(32(2)3)30-44(33)35-23-26-40(27-24-35)52-48(51)37-15-11-16-38(29-37)50(47-20-12-14-34-13-7-8-17-41(34)47)39-25-28-43-42-18-9-10-19-45(42)49(4,5)46(43)31-39/h7-32H,6H2,1-5H3. The van der Waals surface area contributed by atoms with Gasteiger partial charge in [-0.15, -0.1) is 0 Å². The van der Waals surface area contributed by atoms with Gasteiger partial charge < -0.3 is 9.64 Å². The van der Waals surface area contributed by atoms with Crippen molar-refractivity contribution in [3.8, 4) is 28.0 Å². The first-order valence-electron chi connectivity index (χ1n) is 18.3. The van der Waals surface area contributed by atoms with Gasteiger partial charge in [-0.05, 0) is 111 Å². The molecule has 0 unspecified atom stereocenters. The highest BCUT2D eigenvalue weighted by Gasteiger charge is 2.35. The summed E-state index contributed by atoms with van der Waals surface area (Å²) in [6, 6.07) is 52.7. The van der Waals surface area contributed by atoms with E-state index in [1.54, 1.807) is 0 Å². The largest absolute Gasteiger partial charge is 0.423 e. The van der Waals surface area contributed by atoms with Crippen molar-refractivity contribution in [3.63, 3.8) is 0 Å². The van der Waals surface area contributed by atoms with Gasteiger partial charge in [-0.2, -0.15) is 0 Å². The highest BCUT2D eigenvalue weighted by atomic mass is 16.5. The normalized spacial score (nSPS) is 12.8. The van der Waals surface area contributed by atoms with Crippen molar-refractivity contribution in [1.82, 2.24) is 0 Å². The van der Waals surface area contributed by atoms with Gasteiger partial charge in [-0.25, -0.2) is 4.79 Å². The van der Waals surface area contributed by atoms with Crippen LogP contribution in [0.3, 0.4) is 0 Å². The van der Waals surface area contributed by atoms with E-state index in [0.717, 1.165) is 39.8 Å². The van der Waals surface area contributed by atoms with Crippen LogP contribution in [0, 0.1) is 0 Å². The van der Waals surface area contributed by atoms with E-state index in [0.29, 0.717) is 17.2 Å². The van der Waals surface area contributed by atoms with E-state index < -0.39 is 5.97 Å². The average Bonchev–Trinajstić information content (AvgIpc) is 3.40. The zero-order valence-electron chi connectivity index (χ0n) is 30.5. The van der Waals surface area contributed by atoms with E-state index in [1.807, 2.05) is 42.5 Å². The fourth-order valence-corrected chi connectivity index (χ4v) is 7.83. The average molecular weight is 678 g/mol. The van der Waals surface area contributed by atoms with Crippen molar-refractivity contribution in [1.29, 1.82) is 0 Å². The Hall–Kier alpha value is -5.93. The molecule has 0 radical (unpaired) electrons. The van der Waals surface area contributed by atoms with E-state index in [9.17, 15) is 4.79 Å². The molecule has 0 aromatic heterocycles. The molecule has 0 spiro atoms. The number of nitrogens with zero attached hydrogens (tertiary/aromatic N) is 1. The predicted octanol–water partition coefficient (Wildman–Crippen LogP) is 13.2. The van der Waals surface area contributed by atoms with E-state index in [1.165, 1.54) is 38.9 Å². The highest BCUT2D eigenvalue weighted by Crippen LogP contribution is 2.51. The summed E-state index contributed by atoms with van der Waals surface area (Å²) in [5.41, 5.74) is 13.4. The lowest BCUT2D eigenvalue weighted by atomic mass is 9.82. The predicted molar refractivity (Wildman–Crippen MR) is 216 cm³/mol. The lowest BCUT2D eigenvalue weighted by Crippen LogP contribution is -2.17. The topological polar surface area (TPSA) is 29.5 Å². The summed E-state index contributed by atoms with van der Waals surface area (Å²) in [6.07, 6.45) is 0.952. The molecule has 0 heterocycles. The van der Waals surface area contributed by atoms with Crippen LogP contribution in [0.2, 0.25) is 0 Å². The summed E-state index contributed by atoms with van der Waals surface area (Å²) >= 11 is 0. The zero-order chi connectivity index (χ0) is 36.0. The van der Waals surface area contributed by atoms with Crippen molar-refractivity contribution in [2.24, 2.45) is 0 Å². The molecule has 256 valence electrons. The van der Waals surface area contributed by atoms with Gasteiger partial charge in [0, 0.05) is 22.2 Å². The quantitative estimate of drug-likeness (QED) is 0.118. The molecule has 7 aromatic rings. The Kier molecular flexibility index (Phi) is 8.51. The van der Waals surface area contributed by atoms with Gasteiger partial charge >= 0.3 is 5.97 Å². The van der Waals surface area contributed by atoms with E-state index in [2.05, 4.69) is 149 Å². The van der Waals surface area contributed by atoms with E-state index >= 15 is 0 Å². The van der Waals surface area contributed by atoms with Gasteiger partial charge in [0.2, 0.25) is 0 Å². The molecular weight excluding hydrogens is 635 g/mol. The third-order valence-corrected chi connectivity index (χ3v) is 10.7. The summed E-state index contributed by atoms with van der Waals surface area (Å²) in [4.78, 5) is 16.0. The van der Waals surface area contributed by atoms with E-state index in [4.69, 9.17) is 4.74 Å². The van der Waals surface area contributed by atoms with Crippen molar-refractivity contribution >= 4 is 33.8 Å². The lowest BCUT2D eigenvalue weighted by molar-refractivity contribution is 0.0735. The molecule has 8 rings (SSSR count). The number of anilines is 3. The Bertz CT molecular complexity index is 2450. The second-order valence-corrected chi connectivity index (χ2v) is 14.6. The molecule has 7 aromatic carbocycles. The van der Waals surface area contributed by atoms with Crippen LogP contribution in [0.1, 0.15) is 73.1 Å². The number of hydrogen-bond acceptors (Lipinski definition) is 3. The fraction of sp³-hybridized carbons (Fsp3) is 0.163. The number of aryl methyl sites for hydroxylation is 1. The van der Waals surface area contributed by atoms with Crippen LogP contribution in [-0.4, -0.2) is 5.97 Å². The Morgan fingerprint density at radius 2 is 1.37 bits per heavy atom. The molecule has 1 aliphatic carbocycles. The number of carbonyl (C=O) groups excluding carboxylic acids is 1. The highest BCUT2D eigenvalue weighted by molar-refractivity contribution is 6.00. The molecular formula is C49H43NO2. The Labute approximate surface area is 307 Å². The second-order valence-electron chi connectivity index (χ2n) is 14.6. The van der Waals surface area contributed by atoms with Crippen LogP contribution in [0.5, 0.6) is 5.75 Å². The minimum absolute atomic E-state index is 0.150. The first-order valence-corrected chi connectivity index (χ1v) is 18.3. The first-order chi connectivity index (χ1) is 25.2. The molecule has 0 bridgehead atoms. The van der Waals surface area contributed by atoms with Crippen molar-refractivity contribution in [2.75, 3.05) is 4.90 Å². The number of benzene rings is 7. The van der Waals surface area contributed by atoms with Gasteiger partial charge in [0.05, 0.1) is 11.3 Å². The van der Waals surface area contributed by atoms with Crippen LogP contribution in [0.15, 0.2) is 152 Å². The van der Waals surface area contributed by atoms with Gasteiger partial charge in [-0.3, -0.25) is 0 Å². The van der Waals surface area contributed by atoms with Crippen LogP contribution < -0.4 is 9.64 Å². The zero-order valence-corrected chi connectivity index (χ0v) is 30.5. The number of esters is 1. The number of carbonyl (C=O) groups is 1. The van der Waals surface area contributed by atoms with Crippen LogP contribution >= 0.6 is 0 Å². The maximum Gasteiger partial charge on any atom is 0.343 e. The monoisotopic (exact) mass is 677 g/mol. The van der Waals surface area contributed by atoms with Crippen molar-refractivity contribution in [3.05, 3.63) is 179 Å². The molecule has 0 saturated carbocycles. The third kappa shape index (κ3) is 5.86. The maximum atomic E-state index is 13.8. The van der Waals surface area contributed by atoms with Crippen LogP contribution in [-0.2, 0) is 11.8 Å². The first kappa shape index (κ1) is 33.2. The lowest BCUT2D eigenvalue weighted by Gasteiger charge is -2.29. The summed E-state index contributed by atoms with van der Waals surface area (Å²) in [5.74, 6) is 0.571. The molecule has 0 atom stereocenters. The van der Waals surface area contributed by atoms with Gasteiger partial charge in [0.1, 0.15) is 5.75 Å². The molecule has 0 N–H and O–H groups in total. The Morgan fingerprint density at radius 3 is 2.17 bits per heavy atom. The number of fused-ring (bicyclic) bond motifs is 4. The number of hydrogen-bond donors (Lipinski definition) is 0. The molecule has 3 heteroatoms. The molecule has 3 nitrogen and oxygen atoms in total. The molecule has 1 aliphatic rings. The van der Waals surface area contributed by atoms with E-state index in [-0.39, 0.29) is 5.41 Å². The second kappa shape index (κ2) is 13.3. The smallest absolute Gasteiger partial charge is 0.343 e. The summed E-state index contributed by atoms with van der Waals surface area (Å²) in [5, 5.41) is 2.28. The molecule has 0 fully saturated rings. The molecule has 0 amide bonds. The Balaban J connectivity index is 1.15. The minimum atomic E-state index is -0.394. The SMILES string of the molecule is CCc1ccc(C(C)C)cc1-c1ccc(OC(=O)c2cccc(N(c3ccc4c(c3)C(C)(C)c3ccccc3-4)c3cccc4ccccc34)c2)cc1. The molecule has 0 saturated heterocycles. The minimum Gasteiger partial charge on any atom is -0.423 e. The summed E-state index contributed by atoms with van der Waals surface area (Å²) in [6.45, 7) is 11.2. The van der Waals surface area contributed by atoms with Crippen LogP contribution in [0.25, 0.3) is 33.0 Å². The molecule has 0 aliphatic heterocycles.